The van der Waals surface area contributed by atoms with Gasteiger partial charge in [0, 0.05) is 60.2 Å². The van der Waals surface area contributed by atoms with E-state index in [9.17, 15) is 0 Å². The molecule has 0 aliphatic rings. The predicted octanol–water partition coefficient (Wildman–Crippen LogP) is 22.4. The smallest absolute Gasteiger partial charge is 0.159 e. The van der Waals surface area contributed by atoms with Crippen LogP contribution < -0.4 is 9.80 Å². The van der Waals surface area contributed by atoms with Gasteiger partial charge < -0.3 is 27.5 Å². The summed E-state index contributed by atoms with van der Waals surface area (Å²) < 4.78 is 27.9. The molecule has 390 valence electrons. The fourth-order valence-electron chi connectivity index (χ4n) is 13.1. The van der Waals surface area contributed by atoms with Gasteiger partial charge in [0.1, 0.15) is 33.5 Å². The summed E-state index contributed by atoms with van der Waals surface area (Å²) >= 11 is 0. The minimum absolute atomic E-state index is 0.0902. The zero-order valence-corrected chi connectivity index (χ0v) is 46.8. The highest BCUT2D eigenvalue weighted by molar-refractivity contribution is 6.24. The molecule has 0 aliphatic heterocycles. The quantitative estimate of drug-likeness (QED) is 0.165. The van der Waals surface area contributed by atoms with E-state index in [1.165, 1.54) is 33.4 Å². The second-order valence-electron chi connectivity index (χ2n) is 24.3. The number of rotatable bonds is 6. The van der Waals surface area contributed by atoms with Gasteiger partial charge in [-0.2, -0.15) is 0 Å². The molecule has 15 rings (SSSR count). The Kier molecular flexibility index (Phi) is 10.3. The van der Waals surface area contributed by atoms with Crippen LogP contribution >= 0.6 is 0 Å². The van der Waals surface area contributed by atoms with Crippen LogP contribution in [-0.4, -0.2) is 0 Å². The third-order valence-corrected chi connectivity index (χ3v) is 16.9. The summed E-state index contributed by atoms with van der Waals surface area (Å²) in [5, 5.41) is 12.9. The third kappa shape index (κ3) is 7.17. The maximum Gasteiger partial charge on any atom is 0.159 e. The third-order valence-electron chi connectivity index (χ3n) is 16.9. The highest BCUT2D eigenvalue weighted by Gasteiger charge is 2.28. The molecule has 11 aromatic carbocycles. The van der Waals surface area contributed by atoms with Gasteiger partial charge in [0.15, 0.2) is 11.2 Å². The SMILES string of the molecule is Cc1cccc(C)c1N(c1ccc2cc3c(cc2c1)oc1c3ccc2oc3cc4cc(N(c5c(C)cccc5C)c5cccc6c5oc5c(C(C)(C)C)cccc56)ccc4cc3c21)c1cccc2c1oc1c(C(C)(C)C)cccc12. The van der Waals surface area contributed by atoms with Crippen molar-refractivity contribution in [3.63, 3.8) is 0 Å². The number of aryl methyl sites for hydroxylation is 4. The molecule has 0 bridgehead atoms. The Balaban J connectivity index is 0.868. The lowest BCUT2D eigenvalue weighted by Gasteiger charge is -2.29. The van der Waals surface area contributed by atoms with Gasteiger partial charge in [0.2, 0.25) is 0 Å². The molecule has 0 radical (unpaired) electrons. The van der Waals surface area contributed by atoms with Gasteiger partial charge in [0.05, 0.1) is 28.1 Å². The van der Waals surface area contributed by atoms with Crippen molar-refractivity contribution in [3.8, 4) is 0 Å². The average molecular weight is 1040 g/mol. The molecule has 0 saturated carbocycles. The zero-order valence-electron chi connectivity index (χ0n) is 46.8. The summed E-state index contributed by atoms with van der Waals surface area (Å²) in [6.45, 7) is 22.3. The molecule has 0 saturated heterocycles. The molecule has 80 heavy (non-hydrogen) atoms. The summed E-state index contributed by atoms with van der Waals surface area (Å²) in [6, 6.07) is 65.9. The molecule has 0 fully saturated rings. The van der Waals surface area contributed by atoms with Gasteiger partial charge in [-0.3, -0.25) is 0 Å². The largest absolute Gasteiger partial charge is 0.456 e. The van der Waals surface area contributed by atoms with Crippen molar-refractivity contribution in [3.05, 3.63) is 215 Å². The summed E-state index contributed by atoms with van der Waals surface area (Å²) in [5.41, 5.74) is 20.1. The van der Waals surface area contributed by atoms with E-state index in [4.69, 9.17) is 17.7 Å². The Hall–Kier alpha value is -9.26. The maximum absolute atomic E-state index is 7.04. The second kappa shape index (κ2) is 17.1. The highest BCUT2D eigenvalue weighted by atomic mass is 16.3. The molecule has 0 spiro atoms. The molecule has 0 amide bonds. The van der Waals surface area contributed by atoms with Crippen molar-refractivity contribution in [2.24, 2.45) is 0 Å². The summed E-state index contributed by atoms with van der Waals surface area (Å²) in [6.07, 6.45) is 0. The topological polar surface area (TPSA) is 59.0 Å². The lowest BCUT2D eigenvalue weighted by Crippen LogP contribution is -2.13. The van der Waals surface area contributed by atoms with Gasteiger partial charge in [-0.1, -0.05) is 151 Å². The Labute approximate surface area is 464 Å². The molecule has 6 nitrogen and oxygen atoms in total. The lowest BCUT2D eigenvalue weighted by atomic mass is 9.86. The number of para-hydroxylation sites is 6. The number of hydrogen-bond acceptors (Lipinski definition) is 6. The molecule has 15 aromatic rings. The van der Waals surface area contributed by atoms with Crippen LogP contribution in [0.5, 0.6) is 0 Å². The minimum atomic E-state index is -0.0902. The van der Waals surface area contributed by atoms with Crippen LogP contribution in [0.25, 0.3) is 109 Å². The van der Waals surface area contributed by atoms with E-state index in [0.717, 1.165) is 143 Å². The Morgan fingerprint density at radius 2 is 0.713 bits per heavy atom. The number of furan rings is 4. The van der Waals surface area contributed by atoms with E-state index < -0.39 is 0 Å². The van der Waals surface area contributed by atoms with Crippen LogP contribution in [0.3, 0.4) is 0 Å². The van der Waals surface area contributed by atoms with Gasteiger partial charge in [-0.05, 0) is 155 Å². The normalized spacial score (nSPS) is 12.6. The van der Waals surface area contributed by atoms with E-state index in [-0.39, 0.29) is 10.8 Å². The van der Waals surface area contributed by atoms with E-state index in [1.54, 1.807) is 0 Å². The van der Waals surface area contributed by atoms with Crippen LogP contribution in [0.4, 0.5) is 34.1 Å². The minimum Gasteiger partial charge on any atom is -0.456 e. The molecule has 6 heteroatoms. The monoisotopic (exact) mass is 1040 g/mol. The Morgan fingerprint density at radius 1 is 0.300 bits per heavy atom. The first kappa shape index (κ1) is 47.9. The molecule has 0 unspecified atom stereocenters. The second-order valence-corrected chi connectivity index (χ2v) is 24.3. The van der Waals surface area contributed by atoms with Crippen molar-refractivity contribution in [1.82, 2.24) is 0 Å². The molecule has 4 aromatic heterocycles. The van der Waals surface area contributed by atoms with Gasteiger partial charge in [-0.25, -0.2) is 0 Å². The first-order valence-corrected chi connectivity index (χ1v) is 27.9. The van der Waals surface area contributed by atoms with Crippen LogP contribution in [0.1, 0.15) is 74.9 Å². The number of benzene rings is 11. The molecule has 0 aliphatic carbocycles. The first-order chi connectivity index (χ1) is 38.6. The lowest BCUT2D eigenvalue weighted by molar-refractivity contribution is 0.572. The summed E-state index contributed by atoms with van der Waals surface area (Å²) in [7, 11) is 0. The molecular weight excluding hydrogens is 981 g/mol. The van der Waals surface area contributed by atoms with Crippen molar-refractivity contribution in [2.45, 2.75) is 80.1 Å². The van der Waals surface area contributed by atoms with Crippen molar-refractivity contribution < 1.29 is 17.7 Å². The summed E-state index contributed by atoms with van der Waals surface area (Å²) in [5.74, 6) is 0. The van der Waals surface area contributed by atoms with Gasteiger partial charge in [-0.15, -0.1) is 0 Å². The molecular formula is C74H60N2O4. The average Bonchev–Trinajstić information content (AvgIpc) is 4.34. The van der Waals surface area contributed by atoms with E-state index in [1.807, 2.05) is 0 Å². The van der Waals surface area contributed by atoms with E-state index in [0.29, 0.717) is 0 Å². The molecule has 4 heterocycles. The summed E-state index contributed by atoms with van der Waals surface area (Å²) in [4.78, 5) is 4.76. The molecule has 0 atom stereocenters. The van der Waals surface area contributed by atoms with Crippen LogP contribution in [0.15, 0.2) is 200 Å². The van der Waals surface area contributed by atoms with Gasteiger partial charge >= 0.3 is 0 Å². The number of anilines is 6. The van der Waals surface area contributed by atoms with Gasteiger partial charge in [0.25, 0.3) is 0 Å². The number of hydrogen-bond donors (Lipinski definition) is 0. The molecule has 0 N–H and O–H groups in total. The fraction of sp³-hybridized carbons (Fsp3) is 0.162. The predicted molar refractivity (Wildman–Crippen MR) is 336 cm³/mol. The Morgan fingerprint density at radius 3 is 1.19 bits per heavy atom. The number of fused-ring (bicyclic) bond motifs is 15. The van der Waals surface area contributed by atoms with Crippen molar-refractivity contribution in [2.75, 3.05) is 9.80 Å². The van der Waals surface area contributed by atoms with Crippen molar-refractivity contribution >= 4 is 143 Å². The zero-order chi connectivity index (χ0) is 54.7. The highest BCUT2D eigenvalue weighted by Crippen LogP contribution is 2.50. The fourth-order valence-corrected chi connectivity index (χ4v) is 13.1. The Bertz CT molecular complexity index is 5060. The number of nitrogens with zero attached hydrogens (tertiary/aromatic N) is 2. The first-order valence-electron chi connectivity index (χ1n) is 27.9. The van der Waals surface area contributed by atoms with Crippen LogP contribution in [0, 0.1) is 27.7 Å². The van der Waals surface area contributed by atoms with Crippen molar-refractivity contribution in [1.29, 1.82) is 0 Å². The van der Waals surface area contributed by atoms with Crippen LogP contribution in [0.2, 0.25) is 0 Å². The maximum atomic E-state index is 7.04. The van der Waals surface area contributed by atoms with Crippen LogP contribution in [-0.2, 0) is 10.8 Å². The standard InChI is InChI=1S/C74H60N2O4/c1-41-17-11-18-42(2)66(41)75(60-27-15-23-53-51-21-13-25-58(73(5,6)7)68(51)79-70(53)60)49-31-29-45-37-56-55-33-34-62-65(72(55)78-63(56)39-47(45)35-49)57-38-46-30-32-50(36-48(46)40-64(57)77-62)76(67-43(3)19-12-20-44(67)4)61-28-16-24-54-52-22-14-26-59(74(8,9)10)69(52)80-71(54)61/h11-40H,1-10H3. The van der Waals surface area contributed by atoms with E-state index in [2.05, 4.69) is 261 Å². The van der Waals surface area contributed by atoms with E-state index >= 15 is 0 Å².